The van der Waals surface area contributed by atoms with Crippen LogP contribution >= 0.6 is 22.6 Å². The monoisotopic (exact) mass is 395 g/mol. The molecule has 1 aromatic rings. The maximum Gasteiger partial charge on any atom is 0.0230 e. The molecule has 0 radical (unpaired) electrons. The van der Waals surface area contributed by atoms with Crippen molar-refractivity contribution in [3.63, 3.8) is 0 Å². The Balaban J connectivity index is 1.42. The molecule has 1 aromatic carbocycles. The van der Waals surface area contributed by atoms with Gasteiger partial charge in [-0.15, -0.1) is 0 Å². The average molecular weight is 395 g/mol. The molecule has 0 unspecified atom stereocenters. The molecule has 4 bridgehead atoms. The third kappa shape index (κ3) is 3.03. The first-order valence-corrected chi connectivity index (χ1v) is 9.61. The van der Waals surface area contributed by atoms with E-state index >= 15 is 0 Å². The van der Waals surface area contributed by atoms with Gasteiger partial charge in [-0.1, -0.05) is 12.1 Å². The van der Waals surface area contributed by atoms with Crippen LogP contribution < -0.4 is 0 Å². The first-order chi connectivity index (χ1) is 10.1. The highest BCUT2D eigenvalue weighted by atomic mass is 127. The quantitative estimate of drug-likeness (QED) is 0.653. The Morgan fingerprint density at radius 3 is 2.05 bits per heavy atom. The molecular formula is C19H26IN. The predicted molar refractivity (Wildman–Crippen MR) is 96.1 cm³/mol. The van der Waals surface area contributed by atoms with E-state index in [1.807, 2.05) is 0 Å². The molecule has 0 aliphatic heterocycles. The van der Waals surface area contributed by atoms with Crippen LogP contribution in [0, 0.1) is 26.7 Å². The summed E-state index contributed by atoms with van der Waals surface area (Å²) in [6.45, 7) is 2.43. The molecular weight excluding hydrogens is 369 g/mol. The van der Waals surface area contributed by atoms with Gasteiger partial charge in [0.05, 0.1) is 0 Å². The third-order valence-electron chi connectivity index (χ3n) is 6.14. The van der Waals surface area contributed by atoms with Gasteiger partial charge in [-0.05, 0) is 109 Å². The van der Waals surface area contributed by atoms with E-state index in [1.165, 1.54) is 34.9 Å². The minimum atomic E-state index is 0.673. The molecule has 0 spiro atoms. The molecule has 0 aromatic heterocycles. The van der Waals surface area contributed by atoms with E-state index in [1.54, 1.807) is 19.3 Å². The first-order valence-electron chi connectivity index (χ1n) is 8.53. The van der Waals surface area contributed by atoms with Crippen LogP contribution in [0.5, 0.6) is 0 Å². The van der Waals surface area contributed by atoms with E-state index in [2.05, 4.69) is 58.8 Å². The van der Waals surface area contributed by atoms with Gasteiger partial charge in [-0.2, -0.15) is 0 Å². The minimum Gasteiger partial charge on any atom is -0.302 e. The second-order valence-corrected chi connectivity index (χ2v) is 9.46. The van der Waals surface area contributed by atoms with E-state index < -0.39 is 0 Å². The Hall–Kier alpha value is -0.0900. The van der Waals surface area contributed by atoms with Gasteiger partial charge in [-0.3, -0.25) is 0 Å². The zero-order valence-electron chi connectivity index (χ0n) is 13.0. The fraction of sp³-hybridized carbons (Fsp3) is 0.684. The van der Waals surface area contributed by atoms with Crippen LogP contribution in [0.15, 0.2) is 24.3 Å². The molecule has 114 valence electrons. The molecule has 0 N–H and O–H groups in total. The van der Waals surface area contributed by atoms with Gasteiger partial charge in [0.1, 0.15) is 0 Å². The predicted octanol–water partition coefficient (Wildman–Crippen LogP) is 4.94. The van der Waals surface area contributed by atoms with Crippen LogP contribution in [-0.2, 0) is 6.54 Å². The summed E-state index contributed by atoms with van der Waals surface area (Å²) < 4.78 is 1.33. The maximum absolute atomic E-state index is 2.59. The van der Waals surface area contributed by atoms with Gasteiger partial charge in [0.2, 0.25) is 0 Å². The fourth-order valence-corrected chi connectivity index (χ4v) is 6.37. The van der Waals surface area contributed by atoms with Crippen molar-refractivity contribution in [2.24, 2.45) is 23.2 Å². The molecule has 21 heavy (non-hydrogen) atoms. The Morgan fingerprint density at radius 1 is 1.00 bits per heavy atom. The highest BCUT2D eigenvalue weighted by Gasteiger charge is 2.50. The molecule has 0 atom stereocenters. The van der Waals surface area contributed by atoms with Crippen molar-refractivity contribution in [1.82, 2.24) is 4.90 Å². The van der Waals surface area contributed by atoms with E-state index in [0.29, 0.717) is 5.41 Å². The summed E-state index contributed by atoms with van der Waals surface area (Å²) >= 11 is 2.39. The normalized spacial score (nSPS) is 37.4. The standard InChI is InChI=1S/C19H26IN/c1-21(12-14-2-4-18(20)5-3-14)13-19-9-15-6-16(10-19)8-17(7-15)11-19/h2-5,15-17H,6-13H2,1H3. The van der Waals surface area contributed by atoms with Crippen LogP contribution in [0.2, 0.25) is 0 Å². The molecule has 0 saturated heterocycles. The second kappa shape index (κ2) is 5.52. The number of benzene rings is 1. The van der Waals surface area contributed by atoms with Gasteiger partial charge < -0.3 is 4.90 Å². The molecule has 0 heterocycles. The fourth-order valence-electron chi connectivity index (χ4n) is 6.01. The van der Waals surface area contributed by atoms with Crippen LogP contribution in [0.1, 0.15) is 44.1 Å². The Kier molecular flexibility index (Phi) is 3.81. The average Bonchev–Trinajstić information content (AvgIpc) is 2.39. The van der Waals surface area contributed by atoms with E-state index in [4.69, 9.17) is 0 Å². The highest BCUT2D eigenvalue weighted by molar-refractivity contribution is 14.1. The van der Waals surface area contributed by atoms with Crippen molar-refractivity contribution in [2.75, 3.05) is 13.6 Å². The third-order valence-corrected chi connectivity index (χ3v) is 6.86. The van der Waals surface area contributed by atoms with Crippen molar-refractivity contribution in [3.05, 3.63) is 33.4 Å². The number of nitrogens with zero attached hydrogens (tertiary/aromatic N) is 1. The van der Waals surface area contributed by atoms with Crippen LogP contribution in [0.4, 0.5) is 0 Å². The van der Waals surface area contributed by atoms with Crippen molar-refractivity contribution >= 4 is 22.6 Å². The Labute approximate surface area is 142 Å². The SMILES string of the molecule is CN(Cc1ccc(I)cc1)CC12CC3CC(CC(C3)C1)C2. The van der Waals surface area contributed by atoms with Gasteiger partial charge in [0, 0.05) is 16.7 Å². The zero-order valence-corrected chi connectivity index (χ0v) is 15.2. The lowest BCUT2D eigenvalue weighted by Gasteiger charge is -2.57. The van der Waals surface area contributed by atoms with Crippen molar-refractivity contribution in [2.45, 2.75) is 45.1 Å². The van der Waals surface area contributed by atoms with Gasteiger partial charge in [0.25, 0.3) is 0 Å². The number of hydrogen-bond donors (Lipinski definition) is 0. The van der Waals surface area contributed by atoms with Gasteiger partial charge in [-0.25, -0.2) is 0 Å². The topological polar surface area (TPSA) is 3.24 Å². The second-order valence-electron chi connectivity index (χ2n) is 8.22. The Morgan fingerprint density at radius 2 is 1.52 bits per heavy atom. The van der Waals surface area contributed by atoms with E-state index in [-0.39, 0.29) is 0 Å². The van der Waals surface area contributed by atoms with Gasteiger partial charge in [0.15, 0.2) is 0 Å². The van der Waals surface area contributed by atoms with Crippen LogP contribution in [0.3, 0.4) is 0 Å². The zero-order chi connectivity index (χ0) is 14.4. The summed E-state index contributed by atoms with van der Waals surface area (Å²) in [7, 11) is 2.33. The van der Waals surface area contributed by atoms with Gasteiger partial charge >= 0.3 is 0 Å². The van der Waals surface area contributed by atoms with E-state index in [9.17, 15) is 0 Å². The van der Waals surface area contributed by atoms with Crippen LogP contribution in [-0.4, -0.2) is 18.5 Å². The number of halogens is 1. The molecule has 4 saturated carbocycles. The summed E-state index contributed by atoms with van der Waals surface area (Å²) in [5, 5.41) is 0. The van der Waals surface area contributed by atoms with E-state index in [0.717, 1.165) is 24.3 Å². The lowest BCUT2D eigenvalue weighted by atomic mass is 9.49. The first kappa shape index (κ1) is 14.5. The molecule has 1 nitrogen and oxygen atoms in total. The smallest absolute Gasteiger partial charge is 0.0230 e. The Bertz CT molecular complexity index is 472. The molecule has 0 amide bonds. The van der Waals surface area contributed by atoms with Crippen molar-refractivity contribution in [1.29, 1.82) is 0 Å². The summed E-state index contributed by atoms with van der Waals surface area (Å²) in [4.78, 5) is 2.59. The maximum atomic E-state index is 2.59. The number of rotatable bonds is 4. The summed E-state index contributed by atoms with van der Waals surface area (Å²) in [5.41, 5.74) is 2.13. The molecule has 4 fully saturated rings. The molecule has 5 rings (SSSR count). The summed E-state index contributed by atoms with van der Waals surface area (Å²) in [6, 6.07) is 9.04. The summed E-state index contributed by atoms with van der Waals surface area (Å²) in [6.07, 6.45) is 9.24. The molecule has 4 aliphatic carbocycles. The van der Waals surface area contributed by atoms with Crippen molar-refractivity contribution < 1.29 is 0 Å². The molecule has 2 heteroatoms. The largest absolute Gasteiger partial charge is 0.302 e. The molecule has 4 aliphatic rings. The highest BCUT2D eigenvalue weighted by Crippen LogP contribution is 2.60. The lowest BCUT2D eigenvalue weighted by molar-refractivity contribution is -0.0670. The van der Waals surface area contributed by atoms with Crippen LogP contribution in [0.25, 0.3) is 0 Å². The lowest BCUT2D eigenvalue weighted by Crippen LogP contribution is -2.50. The number of hydrogen-bond acceptors (Lipinski definition) is 1. The minimum absolute atomic E-state index is 0.673. The van der Waals surface area contributed by atoms with Crippen molar-refractivity contribution in [3.8, 4) is 0 Å². The summed E-state index contributed by atoms with van der Waals surface area (Å²) in [5.74, 6) is 3.22.